The number of aliphatic carboxylic acids is 1. The summed E-state index contributed by atoms with van der Waals surface area (Å²) >= 11 is 6.12. The Kier molecular flexibility index (Phi) is 4.58. The molecule has 0 saturated carbocycles. The van der Waals surface area contributed by atoms with Crippen LogP contribution in [0.3, 0.4) is 0 Å². The van der Waals surface area contributed by atoms with Gasteiger partial charge in [-0.3, -0.25) is 0 Å². The SMILES string of the molecule is COc1ccc(/C(=C/C(=O)O)C(C)C)c(Cl)c1. The standard InChI is InChI=1S/C13H15ClO3/c1-8(2)11(7-13(15)16)10-5-4-9(17-3)6-12(10)14/h4-8H,1-3H3,(H,15,16)/b11-7+. The van der Waals surface area contributed by atoms with Crippen molar-refractivity contribution in [2.24, 2.45) is 5.92 Å². The fraction of sp³-hybridized carbons (Fsp3) is 0.308. The van der Waals surface area contributed by atoms with Crippen molar-refractivity contribution in [3.8, 4) is 5.75 Å². The van der Waals surface area contributed by atoms with Gasteiger partial charge in [0, 0.05) is 6.08 Å². The van der Waals surface area contributed by atoms with Crippen LogP contribution in [0.2, 0.25) is 5.02 Å². The van der Waals surface area contributed by atoms with Crippen molar-refractivity contribution in [1.29, 1.82) is 0 Å². The van der Waals surface area contributed by atoms with Gasteiger partial charge in [0.1, 0.15) is 5.75 Å². The molecule has 1 aromatic rings. The van der Waals surface area contributed by atoms with Crippen LogP contribution in [0.4, 0.5) is 0 Å². The van der Waals surface area contributed by atoms with E-state index < -0.39 is 5.97 Å². The third-order valence-corrected chi connectivity index (χ3v) is 2.70. The summed E-state index contributed by atoms with van der Waals surface area (Å²) in [6.07, 6.45) is 1.19. The molecule has 1 N–H and O–H groups in total. The van der Waals surface area contributed by atoms with Gasteiger partial charge < -0.3 is 9.84 Å². The lowest BCUT2D eigenvalue weighted by Gasteiger charge is -2.13. The zero-order chi connectivity index (χ0) is 13.0. The van der Waals surface area contributed by atoms with Gasteiger partial charge in [-0.2, -0.15) is 0 Å². The summed E-state index contributed by atoms with van der Waals surface area (Å²) in [7, 11) is 1.56. The zero-order valence-corrected chi connectivity index (χ0v) is 10.8. The Labute approximate surface area is 106 Å². The number of ether oxygens (including phenoxy) is 1. The van der Waals surface area contributed by atoms with Crippen LogP contribution in [-0.2, 0) is 4.79 Å². The smallest absolute Gasteiger partial charge is 0.328 e. The Morgan fingerprint density at radius 2 is 2.12 bits per heavy atom. The van der Waals surface area contributed by atoms with Crippen LogP contribution in [0, 0.1) is 5.92 Å². The molecular formula is C13H15ClO3. The molecule has 0 aromatic heterocycles. The lowest BCUT2D eigenvalue weighted by atomic mass is 9.95. The van der Waals surface area contributed by atoms with E-state index in [1.165, 1.54) is 6.08 Å². The molecule has 3 nitrogen and oxygen atoms in total. The highest BCUT2D eigenvalue weighted by molar-refractivity contribution is 6.32. The first-order valence-corrected chi connectivity index (χ1v) is 5.62. The highest BCUT2D eigenvalue weighted by atomic mass is 35.5. The second kappa shape index (κ2) is 5.73. The first-order chi connectivity index (χ1) is 7.95. The fourth-order valence-electron chi connectivity index (χ4n) is 1.55. The van der Waals surface area contributed by atoms with Crippen molar-refractivity contribution in [2.45, 2.75) is 13.8 Å². The molecule has 0 aliphatic carbocycles. The average Bonchev–Trinajstić information content (AvgIpc) is 2.25. The van der Waals surface area contributed by atoms with Gasteiger partial charge in [0.2, 0.25) is 0 Å². The quantitative estimate of drug-likeness (QED) is 0.837. The van der Waals surface area contributed by atoms with Crippen LogP contribution in [0.15, 0.2) is 24.3 Å². The van der Waals surface area contributed by atoms with E-state index in [1.807, 2.05) is 13.8 Å². The maximum absolute atomic E-state index is 10.8. The molecule has 1 aromatic carbocycles. The molecule has 17 heavy (non-hydrogen) atoms. The number of allylic oxidation sites excluding steroid dienone is 1. The minimum Gasteiger partial charge on any atom is -0.497 e. The molecule has 0 radical (unpaired) electrons. The lowest BCUT2D eigenvalue weighted by Crippen LogP contribution is -1.99. The minimum atomic E-state index is -0.972. The summed E-state index contributed by atoms with van der Waals surface area (Å²) in [6, 6.07) is 5.21. The van der Waals surface area contributed by atoms with Gasteiger partial charge in [-0.15, -0.1) is 0 Å². The van der Waals surface area contributed by atoms with Gasteiger partial charge in [-0.05, 0) is 35.3 Å². The van der Waals surface area contributed by atoms with Crippen LogP contribution in [0.1, 0.15) is 19.4 Å². The first-order valence-electron chi connectivity index (χ1n) is 5.24. The molecule has 0 bridgehead atoms. The largest absolute Gasteiger partial charge is 0.497 e. The monoisotopic (exact) mass is 254 g/mol. The zero-order valence-electron chi connectivity index (χ0n) is 10.0. The second-order valence-electron chi connectivity index (χ2n) is 3.94. The Hall–Kier alpha value is -1.48. The number of rotatable bonds is 4. The van der Waals surface area contributed by atoms with Crippen LogP contribution in [-0.4, -0.2) is 18.2 Å². The Morgan fingerprint density at radius 1 is 1.47 bits per heavy atom. The van der Waals surface area contributed by atoms with Gasteiger partial charge >= 0.3 is 5.97 Å². The van der Waals surface area contributed by atoms with Gasteiger partial charge in [0.05, 0.1) is 12.1 Å². The third kappa shape index (κ3) is 3.49. The summed E-state index contributed by atoms with van der Waals surface area (Å²) in [6.45, 7) is 3.85. The molecule has 0 fully saturated rings. The molecule has 4 heteroatoms. The van der Waals surface area contributed by atoms with Crippen LogP contribution >= 0.6 is 11.6 Å². The highest BCUT2D eigenvalue weighted by Crippen LogP contribution is 2.31. The highest BCUT2D eigenvalue weighted by Gasteiger charge is 2.12. The minimum absolute atomic E-state index is 0.0806. The summed E-state index contributed by atoms with van der Waals surface area (Å²) in [5.41, 5.74) is 1.43. The van der Waals surface area contributed by atoms with E-state index in [9.17, 15) is 4.79 Å². The van der Waals surface area contributed by atoms with E-state index in [1.54, 1.807) is 25.3 Å². The lowest BCUT2D eigenvalue weighted by molar-refractivity contribution is -0.131. The van der Waals surface area contributed by atoms with Crippen molar-refractivity contribution in [3.63, 3.8) is 0 Å². The predicted octanol–water partition coefficient (Wildman–Crippen LogP) is 3.47. The maximum atomic E-state index is 10.8. The van der Waals surface area contributed by atoms with Gasteiger partial charge in [0.15, 0.2) is 0 Å². The van der Waals surface area contributed by atoms with Crippen molar-refractivity contribution in [1.82, 2.24) is 0 Å². The van der Waals surface area contributed by atoms with Crippen molar-refractivity contribution >= 4 is 23.1 Å². The van der Waals surface area contributed by atoms with Gasteiger partial charge in [-0.1, -0.05) is 25.4 Å². The number of carboxylic acids is 1. The fourth-order valence-corrected chi connectivity index (χ4v) is 1.83. The van der Waals surface area contributed by atoms with Gasteiger partial charge in [-0.25, -0.2) is 4.79 Å². The van der Waals surface area contributed by atoms with Crippen molar-refractivity contribution in [2.75, 3.05) is 7.11 Å². The normalized spacial score (nSPS) is 11.7. The number of halogens is 1. The Morgan fingerprint density at radius 3 is 2.53 bits per heavy atom. The van der Waals surface area contributed by atoms with Crippen molar-refractivity contribution < 1.29 is 14.6 Å². The van der Waals surface area contributed by atoms with Crippen molar-refractivity contribution in [3.05, 3.63) is 34.9 Å². The number of methoxy groups -OCH3 is 1. The predicted molar refractivity (Wildman–Crippen MR) is 68.5 cm³/mol. The van der Waals surface area contributed by atoms with E-state index in [0.29, 0.717) is 16.3 Å². The number of benzene rings is 1. The number of carboxylic acid groups (broad SMARTS) is 1. The molecule has 0 spiro atoms. The average molecular weight is 255 g/mol. The maximum Gasteiger partial charge on any atom is 0.328 e. The van der Waals surface area contributed by atoms with Crippen LogP contribution in [0.25, 0.3) is 5.57 Å². The molecule has 0 aliphatic rings. The molecular weight excluding hydrogens is 240 g/mol. The number of carbonyl (C=O) groups is 1. The summed E-state index contributed by atoms with van der Waals surface area (Å²) in [5, 5.41) is 9.33. The molecule has 1 rings (SSSR count). The Balaban J connectivity index is 3.25. The number of hydrogen-bond acceptors (Lipinski definition) is 2. The third-order valence-electron chi connectivity index (χ3n) is 2.39. The molecule has 0 heterocycles. The van der Waals surface area contributed by atoms with E-state index in [4.69, 9.17) is 21.4 Å². The molecule has 0 unspecified atom stereocenters. The summed E-state index contributed by atoms with van der Waals surface area (Å²) in [5.74, 6) is -0.241. The molecule has 92 valence electrons. The molecule has 0 aliphatic heterocycles. The topological polar surface area (TPSA) is 46.5 Å². The van der Waals surface area contributed by atoms with E-state index >= 15 is 0 Å². The van der Waals surface area contributed by atoms with E-state index in [0.717, 1.165) is 5.56 Å². The molecule has 0 saturated heterocycles. The first kappa shape index (κ1) is 13.6. The van der Waals surface area contributed by atoms with Crippen LogP contribution in [0.5, 0.6) is 5.75 Å². The van der Waals surface area contributed by atoms with E-state index in [2.05, 4.69) is 0 Å². The molecule has 0 atom stereocenters. The van der Waals surface area contributed by atoms with Gasteiger partial charge in [0.25, 0.3) is 0 Å². The number of hydrogen-bond donors (Lipinski definition) is 1. The second-order valence-corrected chi connectivity index (χ2v) is 4.35. The summed E-state index contributed by atoms with van der Waals surface area (Å²) in [4.78, 5) is 10.8. The summed E-state index contributed by atoms with van der Waals surface area (Å²) < 4.78 is 5.05. The van der Waals surface area contributed by atoms with Crippen LogP contribution < -0.4 is 4.74 Å². The van der Waals surface area contributed by atoms with E-state index in [-0.39, 0.29) is 5.92 Å². The molecule has 0 amide bonds. The Bertz CT molecular complexity index is 450.